The van der Waals surface area contributed by atoms with Crippen molar-refractivity contribution >= 4 is 59.8 Å². The minimum atomic E-state index is 0.717. The Hall–Kier alpha value is -1.59. The number of nitrogen functional groups attached to an aromatic ring is 1. The fourth-order valence-corrected chi connectivity index (χ4v) is 2.85. The van der Waals surface area contributed by atoms with E-state index in [1.54, 1.807) is 6.20 Å². The van der Waals surface area contributed by atoms with Gasteiger partial charge in [0.05, 0.1) is 11.2 Å². The molecule has 0 radical (unpaired) electrons. The molecular formula is C16H13Br2N3. The van der Waals surface area contributed by atoms with Gasteiger partial charge in [-0.05, 0) is 58.7 Å². The van der Waals surface area contributed by atoms with Crippen LogP contribution in [0.4, 0.5) is 17.1 Å². The third-order valence-corrected chi connectivity index (χ3v) is 4.59. The summed E-state index contributed by atoms with van der Waals surface area (Å²) < 4.78 is 1.99. The predicted molar refractivity (Wildman–Crippen MR) is 96.0 cm³/mol. The van der Waals surface area contributed by atoms with E-state index in [4.69, 9.17) is 5.73 Å². The Morgan fingerprint density at radius 3 is 2.67 bits per heavy atom. The summed E-state index contributed by atoms with van der Waals surface area (Å²) in [5.41, 5.74) is 10.7. The van der Waals surface area contributed by atoms with Gasteiger partial charge in [0.25, 0.3) is 0 Å². The molecule has 5 heteroatoms. The Balaban J connectivity index is 2.08. The molecule has 1 heterocycles. The number of fused-ring (bicyclic) bond motifs is 1. The Labute approximate surface area is 139 Å². The zero-order valence-corrected chi connectivity index (χ0v) is 14.5. The van der Waals surface area contributed by atoms with Crippen LogP contribution in [0.1, 0.15) is 5.56 Å². The summed E-state index contributed by atoms with van der Waals surface area (Å²) in [5, 5.41) is 4.33. The number of halogens is 2. The van der Waals surface area contributed by atoms with E-state index in [-0.39, 0.29) is 0 Å². The van der Waals surface area contributed by atoms with Crippen molar-refractivity contribution in [2.75, 3.05) is 11.1 Å². The van der Waals surface area contributed by atoms with Crippen molar-refractivity contribution in [2.24, 2.45) is 0 Å². The van der Waals surface area contributed by atoms with Gasteiger partial charge in [0.2, 0.25) is 0 Å². The maximum absolute atomic E-state index is 6.04. The van der Waals surface area contributed by atoms with Crippen molar-refractivity contribution in [2.45, 2.75) is 6.92 Å². The zero-order valence-electron chi connectivity index (χ0n) is 11.3. The standard InChI is InChI=1S/C16H13Br2N3/c1-9-2-3-11(7-13(9)18)21-15-5-4-14(19)12-6-10(17)8-20-16(12)15/h2-8,21H,19H2,1H3. The monoisotopic (exact) mass is 405 g/mol. The summed E-state index contributed by atoms with van der Waals surface area (Å²) in [6.45, 7) is 2.06. The van der Waals surface area contributed by atoms with Crippen molar-refractivity contribution in [3.05, 3.63) is 57.1 Å². The molecule has 0 aliphatic heterocycles. The highest BCUT2D eigenvalue weighted by Crippen LogP contribution is 2.31. The molecule has 0 saturated heterocycles. The van der Waals surface area contributed by atoms with Crippen LogP contribution in [0.3, 0.4) is 0 Å². The van der Waals surface area contributed by atoms with Crippen molar-refractivity contribution < 1.29 is 0 Å². The normalized spacial score (nSPS) is 10.8. The van der Waals surface area contributed by atoms with Crippen LogP contribution in [0.5, 0.6) is 0 Å². The van der Waals surface area contributed by atoms with Crippen LogP contribution in [0.2, 0.25) is 0 Å². The Bertz CT molecular complexity index is 831. The van der Waals surface area contributed by atoms with Gasteiger partial charge in [0.15, 0.2) is 0 Å². The first-order chi connectivity index (χ1) is 10.0. The second kappa shape index (κ2) is 5.66. The summed E-state index contributed by atoms with van der Waals surface area (Å²) in [4.78, 5) is 4.48. The molecule has 0 bridgehead atoms. The second-order valence-corrected chi connectivity index (χ2v) is 6.61. The molecule has 0 atom stereocenters. The van der Waals surface area contributed by atoms with E-state index in [9.17, 15) is 0 Å². The van der Waals surface area contributed by atoms with Gasteiger partial charge >= 0.3 is 0 Å². The number of benzene rings is 2. The van der Waals surface area contributed by atoms with E-state index >= 15 is 0 Å². The number of hydrogen-bond donors (Lipinski definition) is 2. The van der Waals surface area contributed by atoms with Gasteiger partial charge in [0.1, 0.15) is 0 Å². The van der Waals surface area contributed by atoms with E-state index in [1.807, 2.05) is 24.3 Å². The molecule has 2 aromatic carbocycles. The van der Waals surface area contributed by atoms with Crippen molar-refractivity contribution in [3.63, 3.8) is 0 Å². The molecule has 0 unspecified atom stereocenters. The van der Waals surface area contributed by atoms with Crippen LogP contribution in [0, 0.1) is 6.92 Å². The maximum Gasteiger partial charge on any atom is 0.0958 e. The largest absolute Gasteiger partial charge is 0.398 e. The van der Waals surface area contributed by atoms with Gasteiger partial charge in [-0.2, -0.15) is 0 Å². The highest BCUT2D eigenvalue weighted by Gasteiger charge is 2.07. The first-order valence-electron chi connectivity index (χ1n) is 6.41. The van der Waals surface area contributed by atoms with Crippen LogP contribution in [-0.2, 0) is 0 Å². The maximum atomic E-state index is 6.04. The Morgan fingerprint density at radius 2 is 1.90 bits per heavy atom. The molecule has 3 nitrogen and oxygen atoms in total. The number of nitrogens with one attached hydrogen (secondary N) is 1. The van der Waals surface area contributed by atoms with Crippen LogP contribution in [-0.4, -0.2) is 4.98 Å². The van der Waals surface area contributed by atoms with Crippen molar-refractivity contribution in [1.82, 2.24) is 4.98 Å². The summed E-state index contributed by atoms with van der Waals surface area (Å²) in [6.07, 6.45) is 1.78. The number of anilines is 3. The molecule has 3 rings (SSSR count). The third kappa shape index (κ3) is 2.89. The zero-order chi connectivity index (χ0) is 15.0. The lowest BCUT2D eigenvalue weighted by molar-refractivity contribution is 1.38. The summed E-state index contributed by atoms with van der Waals surface area (Å²) in [7, 11) is 0. The molecule has 0 aliphatic carbocycles. The van der Waals surface area contributed by atoms with Gasteiger partial charge in [-0.15, -0.1) is 0 Å². The molecule has 3 aromatic rings. The summed E-state index contributed by atoms with van der Waals surface area (Å²) in [6, 6.07) is 12.0. The lowest BCUT2D eigenvalue weighted by atomic mass is 10.1. The fourth-order valence-electron chi connectivity index (χ4n) is 2.14. The number of nitrogens with zero attached hydrogens (tertiary/aromatic N) is 1. The highest BCUT2D eigenvalue weighted by atomic mass is 79.9. The summed E-state index contributed by atoms with van der Waals surface area (Å²) >= 11 is 6.98. The van der Waals surface area contributed by atoms with E-state index < -0.39 is 0 Å². The van der Waals surface area contributed by atoms with Crippen LogP contribution >= 0.6 is 31.9 Å². The molecule has 21 heavy (non-hydrogen) atoms. The second-order valence-electron chi connectivity index (χ2n) is 4.84. The third-order valence-electron chi connectivity index (χ3n) is 3.30. The topological polar surface area (TPSA) is 50.9 Å². The van der Waals surface area contributed by atoms with E-state index in [0.29, 0.717) is 0 Å². The molecule has 1 aromatic heterocycles. The van der Waals surface area contributed by atoms with Crippen molar-refractivity contribution in [1.29, 1.82) is 0 Å². The molecule has 3 N–H and O–H groups in total. The molecule has 0 saturated carbocycles. The van der Waals surface area contributed by atoms with Gasteiger partial charge in [-0.1, -0.05) is 22.0 Å². The van der Waals surface area contributed by atoms with Crippen molar-refractivity contribution in [3.8, 4) is 0 Å². The van der Waals surface area contributed by atoms with Gasteiger partial charge in [0, 0.05) is 31.9 Å². The average Bonchev–Trinajstić information content (AvgIpc) is 2.46. The molecule has 0 aliphatic rings. The number of nitrogens with two attached hydrogens (primary N) is 1. The van der Waals surface area contributed by atoms with Gasteiger partial charge < -0.3 is 11.1 Å². The number of rotatable bonds is 2. The number of aromatic nitrogens is 1. The molecule has 0 amide bonds. The SMILES string of the molecule is Cc1ccc(Nc2ccc(N)c3cc(Br)cnc23)cc1Br. The minimum Gasteiger partial charge on any atom is -0.398 e. The minimum absolute atomic E-state index is 0.717. The van der Waals surface area contributed by atoms with E-state index in [2.05, 4.69) is 61.2 Å². The number of aryl methyl sites for hydroxylation is 1. The van der Waals surface area contributed by atoms with E-state index in [1.165, 1.54) is 5.56 Å². The molecule has 0 spiro atoms. The lowest BCUT2D eigenvalue weighted by Gasteiger charge is -2.12. The Morgan fingerprint density at radius 1 is 1.10 bits per heavy atom. The molecular weight excluding hydrogens is 394 g/mol. The van der Waals surface area contributed by atoms with E-state index in [0.717, 1.165) is 36.9 Å². The first kappa shape index (κ1) is 14.4. The predicted octanol–water partition coefficient (Wildman–Crippen LogP) is 5.39. The highest BCUT2D eigenvalue weighted by molar-refractivity contribution is 9.10. The first-order valence-corrected chi connectivity index (χ1v) is 8.00. The van der Waals surface area contributed by atoms with Crippen LogP contribution in [0.25, 0.3) is 10.9 Å². The van der Waals surface area contributed by atoms with Gasteiger partial charge in [-0.25, -0.2) is 0 Å². The number of pyridine rings is 1. The number of hydrogen-bond acceptors (Lipinski definition) is 3. The van der Waals surface area contributed by atoms with Gasteiger partial charge in [-0.3, -0.25) is 4.98 Å². The lowest BCUT2D eigenvalue weighted by Crippen LogP contribution is -1.96. The summed E-state index contributed by atoms with van der Waals surface area (Å²) in [5.74, 6) is 0. The average molecular weight is 407 g/mol. The van der Waals surface area contributed by atoms with Crippen LogP contribution < -0.4 is 11.1 Å². The molecule has 106 valence electrons. The van der Waals surface area contributed by atoms with Crippen LogP contribution in [0.15, 0.2) is 51.5 Å². The Kier molecular flexibility index (Phi) is 3.87. The smallest absolute Gasteiger partial charge is 0.0958 e. The quantitative estimate of drug-likeness (QED) is 0.560. The molecule has 0 fully saturated rings. The fraction of sp³-hybridized carbons (Fsp3) is 0.0625.